The standard InChI is InChI=1S/C12H19N3OS/c1-9(2)5-6-17-8-11-4-3-10(7-14-11)12(16)15-13/h3-4,7,9H,5-6,8,13H2,1-2H3,(H,15,16). The predicted molar refractivity (Wildman–Crippen MR) is 71.5 cm³/mol. The zero-order valence-electron chi connectivity index (χ0n) is 10.3. The maximum atomic E-state index is 11.2. The Kier molecular flexibility index (Phi) is 6.00. The predicted octanol–water partition coefficient (Wildman–Crippen LogP) is 1.96. The number of nitrogen functional groups attached to an aromatic ring is 1. The summed E-state index contributed by atoms with van der Waals surface area (Å²) in [5.41, 5.74) is 3.56. The third-order valence-electron chi connectivity index (χ3n) is 2.31. The van der Waals surface area contributed by atoms with Gasteiger partial charge in [0.05, 0.1) is 11.3 Å². The maximum Gasteiger partial charge on any atom is 0.266 e. The van der Waals surface area contributed by atoms with E-state index in [1.165, 1.54) is 6.42 Å². The number of nitrogens with two attached hydrogens (primary N) is 1. The molecule has 0 aliphatic heterocycles. The van der Waals surface area contributed by atoms with Gasteiger partial charge in [-0.05, 0) is 30.2 Å². The van der Waals surface area contributed by atoms with Crippen molar-refractivity contribution in [3.05, 3.63) is 29.6 Å². The van der Waals surface area contributed by atoms with Gasteiger partial charge in [0.1, 0.15) is 0 Å². The first kappa shape index (κ1) is 14.0. The zero-order chi connectivity index (χ0) is 12.7. The van der Waals surface area contributed by atoms with Gasteiger partial charge in [0.15, 0.2) is 0 Å². The van der Waals surface area contributed by atoms with E-state index in [1.807, 2.05) is 17.8 Å². The molecule has 0 unspecified atom stereocenters. The summed E-state index contributed by atoms with van der Waals surface area (Å²) in [5, 5.41) is 0. The zero-order valence-corrected chi connectivity index (χ0v) is 11.1. The summed E-state index contributed by atoms with van der Waals surface area (Å²) in [6.07, 6.45) is 2.78. The molecule has 1 aromatic rings. The third-order valence-corrected chi connectivity index (χ3v) is 3.33. The van der Waals surface area contributed by atoms with Gasteiger partial charge in [0.25, 0.3) is 5.91 Å². The van der Waals surface area contributed by atoms with E-state index in [9.17, 15) is 4.79 Å². The van der Waals surface area contributed by atoms with Crippen LogP contribution in [0.2, 0.25) is 0 Å². The van der Waals surface area contributed by atoms with Gasteiger partial charge in [-0.25, -0.2) is 5.84 Å². The van der Waals surface area contributed by atoms with Crippen LogP contribution in [0, 0.1) is 5.92 Å². The van der Waals surface area contributed by atoms with Crippen molar-refractivity contribution in [2.75, 3.05) is 5.75 Å². The largest absolute Gasteiger partial charge is 0.290 e. The Balaban J connectivity index is 2.38. The molecular formula is C12H19N3OS. The number of nitrogens with zero attached hydrogens (tertiary/aromatic N) is 1. The van der Waals surface area contributed by atoms with Crippen LogP contribution in [0.1, 0.15) is 36.3 Å². The molecule has 0 atom stereocenters. The Morgan fingerprint density at radius 3 is 2.82 bits per heavy atom. The van der Waals surface area contributed by atoms with Gasteiger partial charge in [-0.2, -0.15) is 11.8 Å². The van der Waals surface area contributed by atoms with E-state index in [4.69, 9.17) is 5.84 Å². The number of pyridine rings is 1. The molecule has 0 bridgehead atoms. The summed E-state index contributed by atoms with van der Waals surface area (Å²) in [6.45, 7) is 4.44. The van der Waals surface area contributed by atoms with Crippen LogP contribution in [0.4, 0.5) is 0 Å². The lowest BCUT2D eigenvalue weighted by Crippen LogP contribution is -2.30. The van der Waals surface area contributed by atoms with Crippen molar-refractivity contribution in [3.8, 4) is 0 Å². The van der Waals surface area contributed by atoms with E-state index in [0.717, 1.165) is 23.1 Å². The van der Waals surface area contributed by atoms with Crippen LogP contribution in [0.25, 0.3) is 0 Å². The van der Waals surface area contributed by atoms with Gasteiger partial charge in [-0.15, -0.1) is 0 Å². The molecule has 1 heterocycles. The van der Waals surface area contributed by atoms with E-state index in [2.05, 4.69) is 24.3 Å². The molecule has 3 N–H and O–H groups in total. The van der Waals surface area contributed by atoms with Crippen LogP contribution < -0.4 is 11.3 Å². The number of amides is 1. The van der Waals surface area contributed by atoms with Crippen molar-refractivity contribution in [1.82, 2.24) is 10.4 Å². The molecule has 1 aromatic heterocycles. The molecule has 4 nitrogen and oxygen atoms in total. The lowest BCUT2D eigenvalue weighted by molar-refractivity contribution is 0.0953. The molecule has 0 saturated carbocycles. The molecular weight excluding hydrogens is 234 g/mol. The first-order chi connectivity index (χ1) is 8.13. The highest BCUT2D eigenvalue weighted by atomic mass is 32.2. The number of hydrazine groups is 1. The average Bonchev–Trinajstić information content (AvgIpc) is 2.34. The minimum absolute atomic E-state index is 0.309. The number of nitrogens with one attached hydrogen (secondary N) is 1. The fourth-order valence-corrected chi connectivity index (χ4v) is 2.39. The van der Waals surface area contributed by atoms with Gasteiger partial charge in [-0.3, -0.25) is 15.2 Å². The highest BCUT2D eigenvalue weighted by molar-refractivity contribution is 7.98. The average molecular weight is 253 g/mol. The lowest BCUT2D eigenvalue weighted by atomic mass is 10.2. The summed E-state index contributed by atoms with van der Waals surface area (Å²) < 4.78 is 0. The normalized spacial score (nSPS) is 10.6. The Hall–Kier alpha value is -1.07. The SMILES string of the molecule is CC(C)CCSCc1ccc(C(=O)NN)cn1. The molecule has 0 aromatic carbocycles. The highest BCUT2D eigenvalue weighted by Gasteiger charge is 2.03. The molecule has 0 saturated heterocycles. The van der Waals surface area contributed by atoms with E-state index < -0.39 is 0 Å². The van der Waals surface area contributed by atoms with Crippen molar-refractivity contribution in [2.45, 2.75) is 26.0 Å². The summed E-state index contributed by atoms with van der Waals surface area (Å²) in [7, 11) is 0. The smallest absolute Gasteiger partial charge is 0.266 e. The van der Waals surface area contributed by atoms with Gasteiger partial charge < -0.3 is 0 Å². The molecule has 0 fully saturated rings. The Morgan fingerprint density at radius 2 is 2.29 bits per heavy atom. The van der Waals surface area contributed by atoms with Crippen molar-refractivity contribution >= 4 is 17.7 Å². The van der Waals surface area contributed by atoms with E-state index in [0.29, 0.717) is 5.56 Å². The molecule has 17 heavy (non-hydrogen) atoms. The van der Waals surface area contributed by atoms with Gasteiger partial charge in [0.2, 0.25) is 0 Å². The third kappa shape index (κ3) is 5.19. The van der Waals surface area contributed by atoms with Crippen LogP contribution in [-0.2, 0) is 5.75 Å². The molecule has 0 spiro atoms. The molecule has 1 amide bonds. The fraction of sp³-hybridized carbons (Fsp3) is 0.500. The van der Waals surface area contributed by atoms with Crippen molar-refractivity contribution in [3.63, 3.8) is 0 Å². The minimum atomic E-state index is -0.309. The molecule has 5 heteroatoms. The topological polar surface area (TPSA) is 68.0 Å². The van der Waals surface area contributed by atoms with Crippen molar-refractivity contribution < 1.29 is 4.79 Å². The van der Waals surface area contributed by atoms with Gasteiger partial charge in [0, 0.05) is 11.9 Å². The van der Waals surface area contributed by atoms with Crippen LogP contribution >= 0.6 is 11.8 Å². The van der Waals surface area contributed by atoms with E-state index in [-0.39, 0.29) is 5.91 Å². The van der Waals surface area contributed by atoms with Crippen molar-refractivity contribution in [2.24, 2.45) is 11.8 Å². The monoisotopic (exact) mass is 253 g/mol. The van der Waals surface area contributed by atoms with E-state index in [1.54, 1.807) is 12.3 Å². The Labute approximate surface area is 106 Å². The Morgan fingerprint density at radius 1 is 1.53 bits per heavy atom. The number of carbonyl (C=O) groups excluding carboxylic acids is 1. The summed E-state index contributed by atoms with van der Waals surface area (Å²) in [6, 6.07) is 3.61. The number of hydrogen-bond donors (Lipinski definition) is 2. The molecule has 0 aliphatic rings. The lowest BCUT2D eigenvalue weighted by Gasteiger charge is -2.04. The number of carbonyl (C=O) groups is 1. The number of aromatic nitrogens is 1. The maximum absolute atomic E-state index is 11.2. The first-order valence-corrected chi connectivity index (χ1v) is 6.82. The van der Waals surface area contributed by atoms with Crippen molar-refractivity contribution in [1.29, 1.82) is 0 Å². The summed E-state index contributed by atoms with van der Waals surface area (Å²) in [4.78, 5) is 15.4. The van der Waals surface area contributed by atoms with Crippen LogP contribution in [0.5, 0.6) is 0 Å². The van der Waals surface area contributed by atoms with Crippen LogP contribution in [0.3, 0.4) is 0 Å². The second-order valence-corrected chi connectivity index (χ2v) is 5.35. The quantitative estimate of drug-likeness (QED) is 0.352. The minimum Gasteiger partial charge on any atom is -0.290 e. The number of thioether (sulfide) groups is 1. The van der Waals surface area contributed by atoms with Gasteiger partial charge in [-0.1, -0.05) is 13.8 Å². The highest BCUT2D eigenvalue weighted by Crippen LogP contribution is 2.14. The van der Waals surface area contributed by atoms with Gasteiger partial charge >= 0.3 is 0 Å². The van der Waals surface area contributed by atoms with Crippen LogP contribution in [-0.4, -0.2) is 16.6 Å². The molecule has 0 radical (unpaired) electrons. The fourth-order valence-electron chi connectivity index (χ4n) is 1.22. The Bertz CT molecular complexity index is 351. The number of hydrogen-bond acceptors (Lipinski definition) is 4. The summed E-state index contributed by atoms with van der Waals surface area (Å²) >= 11 is 1.87. The second kappa shape index (κ2) is 7.29. The molecule has 0 aliphatic carbocycles. The summed E-state index contributed by atoms with van der Waals surface area (Å²) in [5.74, 6) is 7.50. The first-order valence-electron chi connectivity index (χ1n) is 5.67. The van der Waals surface area contributed by atoms with Crippen LogP contribution in [0.15, 0.2) is 18.3 Å². The second-order valence-electron chi connectivity index (χ2n) is 4.25. The van der Waals surface area contributed by atoms with E-state index >= 15 is 0 Å². The molecule has 94 valence electrons. The number of rotatable bonds is 6. The molecule has 1 rings (SSSR count).